The molecule has 0 aliphatic rings. The first-order chi connectivity index (χ1) is 9.99. The van der Waals surface area contributed by atoms with Gasteiger partial charge < -0.3 is 10.5 Å². The van der Waals surface area contributed by atoms with Crippen LogP contribution in [0, 0.1) is 15.5 Å². The first-order valence-corrected chi connectivity index (χ1v) is 6.22. The fourth-order valence-corrected chi connectivity index (χ4v) is 1.92. The molecule has 2 aromatic rings. The molecule has 0 saturated heterocycles. The van der Waals surface area contributed by atoms with Crippen LogP contribution in [-0.2, 0) is 6.61 Å². The van der Waals surface area contributed by atoms with Gasteiger partial charge in [0.05, 0.1) is 4.92 Å². The van der Waals surface area contributed by atoms with Crippen LogP contribution in [-0.4, -0.2) is 15.7 Å². The Hall–Kier alpha value is -2.67. The molecule has 0 aliphatic carbocycles. The zero-order chi connectivity index (χ0) is 15.4. The summed E-state index contributed by atoms with van der Waals surface area (Å²) in [7, 11) is 0. The molecule has 1 aromatic heterocycles. The smallest absolute Gasteiger partial charge is 0.288 e. The molecule has 0 amide bonds. The number of ether oxygens (including phenoxy) is 1. The SMILES string of the molecule is N=C(N)c1ncccc1COc1ccc([N+](=O)[O-])c(Cl)c1. The molecule has 2 rings (SSSR count). The molecule has 8 heteroatoms. The van der Waals surface area contributed by atoms with Crippen molar-refractivity contribution in [1.82, 2.24) is 4.98 Å². The summed E-state index contributed by atoms with van der Waals surface area (Å²) in [5.41, 5.74) is 6.22. The van der Waals surface area contributed by atoms with Gasteiger partial charge in [-0.1, -0.05) is 17.7 Å². The summed E-state index contributed by atoms with van der Waals surface area (Å²) < 4.78 is 5.50. The first kappa shape index (κ1) is 14.7. The second kappa shape index (κ2) is 6.19. The van der Waals surface area contributed by atoms with Crippen molar-refractivity contribution >= 4 is 23.1 Å². The minimum atomic E-state index is -0.568. The molecule has 3 N–H and O–H groups in total. The van der Waals surface area contributed by atoms with Crippen LogP contribution in [0.25, 0.3) is 0 Å². The summed E-state index contributed by atoms with van der Waals surface area (Å²) >= 11 is 5.80. The summed E-state index contributed by atoms with van der Waals surface area (Å²) in [4.78, 5) is 14.1. The average Bonchev–Trinajstić information content (AvgIpc) is 2.45. The van der Waals surface area contributed by atoms with E-state index in [-0.39, 0.29) is 23.2 Å². The van der Waals surface area contributed by atoms with Gasteiger partial charge in [-0.25, -0.2) is 0 Å². The number of nitro benzene ring substituents is 1. The van der Waals surface area contributed by atoms with Crippen LogP contribution in [0.5, 0.6) is 5.75 Å². The van der Waals surface area contributed by atoms with Crippen molar-refractivity contribution in [1.29, 1.82) is 5.41 Å². The fraction of sp³-hybridized carbons (Fsp3) is 0.0769. The number of aromatic nitrogens is 1. The van der Waals surface area contributed by atoms with Crippen LogP contribution in [0.2, 0.25) is 5.02 Å². The number of benzene rings is 1. The molecule has 0 saturated carbocycles. The Bertz CT molecular complexity index is 706. The van der Waals surface area contributed by atoms with Gasteiger partial charge in [-0.2, -0.15) is 0 Å². The van der Waals surface area contributed by atoms with Gasteiger partial charge in [0.25, 0.3) is 5.69 Å². The highest BCUT2D eigenvalue weighted by atomic mass is 35.5. The third kappa shape index (κ3) is 3.46. The Morgan fingerprint density at radius 2 is 2.24 bits per heavy atom. The van der Waals surface area contributed by atoms with Gasteiger partial charge in [0, 0.05) is 23.9 Å². The predicted molar refractivity (Wildman–Crippen MR) is 77.7 cm³/mol. The Morgan fingerprint density at radius 3 is 2.86 bits per heavy atom. The maximum absolute atomic E-state index is 10.7. The number of nitro groups is 1. The number of amidine groups is 1. The lowest BCUT2D eigenvalue weighted by Gasteiger charge is -2.09. The van der Waals surface area contributed by atoms with Gasteiger partial charge in [0.15, 0.2) is 0 Å². The largest absolute Gasteiger partial charge is 0.489 e. The zero-order valence-corrected chi connectivity index (χ0v) is 11.5. The van der Waals surface area contributed by atoms with Crippen molar-refractivity contribution < 1.29 is 9.66 Å². The number of hydrogen-bond acceptors (Lipinski definition) is 5. The lowest BCUT2D eigenvalue weighted by molar-refractivity contribution is -0.384. The van der Waals surface area contributed by atoms with E-state index in [0.717, 1.165) is 0 Å². The van der Waals surface area contributed by atoms with Crippen molar-refractivity contribution in [3.05, 3.63) is 62.9 Å². The molecule has 0 fully saturated rings. The molecule has 108 valence electrons. The third-order valence-electron chi connectivity index (χ3n) is 2.66. The number of nitrogens with one attached hydrogen (secondary N) is 1. The molecule has 1 heterocycles. The van der Waals surface area contributed by atoms with Crippen LogP contribution in [0.1, 0.15) is 11.3 Å². The number of hydrogen-bond donors (Lipinski definition) is 2. The topological polar surface area (TPSA) is 115 Å². The molecule has 0 radical (unpaired) electrons. The number of pyridine rings is 1. The molecule has 21 heavy (non-hydrogen) atoms. The van der Waals surface area contributed by atoms with Crippen molar-refractivity contribution in [3.8, 4) is 5.75 Å². The number of rotatable bonds is 5. The van der Waals surface area contributed by atoms with E-state index in [4.69, 9.17) is 27.5 Å². The van der Waals surface area contributed by atoms with E-state index < -0.39 is 4.92 Å². The number of nitrogen functional groups attached to an aromatic ring is 1. The second-order valence-corrected chi connectivity index (χ2v) is 4.49. The van der Waals surface area contributed by atoms with Crippen LogP contribution >= 0.6 is 11.6 Å². The standard InChI is InChI=1S/C13H11ClN4O3/c14-10-6-9(3-4-11(10)18(19)20)21-7-8-2-1-5-17-12(8)13(15)16/h1-6H,7H2,(H3,15,16). The lowest BCUT2D eigenvalue weighted by Crippen LogP contribution is -2.16. The summed E-state index contributed by atoms with van der Waals surface area (Å²) in [6, 6.07) is 7.52. The molecular weight excluding hydrogens is 296 g/mol. The Morgan fingerprint density at radius 1 is 1.48 bits per heavy atom. The Labute approximate surface area is 125 Å². The molecule has 0 aliphatic heterocycles. The monoisotopic (exact) mass is 306 g/mol. The minimum Gasteiger partial charge on any atom is -0.489 e. The second-order valence-electron chi connectivity index (χ2n) is 4.08. The molecule has 0 unspecified atom stereocenters. The number of nitrogens with zero attached hydrogens (tertiary/aromatic N) is 2. The lowest BCUT2D eigenvalue weighted by atomic mass is 10.2. The van der Waals surface area contributed by atoms with Crippen LogP contribution in [0.3, 0.4) is 0 Å². The molecule has 7 nitrogen and oxygen atoms in total. The molecular formula is C13H11ClN4O3. The highest BCUT2D eigenvalue weighted by Gasteiger charge is 2.13. The van der Waals surface area contributed by atoms with Gasteiger partial charge in [-0.05, 0) is 12.1 Å². The van der Waals surface area contributed by atoms with E-state index in [9.17, 15) is 10.1 Å². The summed E-state index contributed by atoms with van der Waals surface area (Å²) in [5, 5.41) is 18.1. The van der Waals surface area contributed by atoms with Crippen LogP contribution in [0.4, 0.5) is 5.69 Å². The zero-order valence-electron chi connectivity index (χ0n) is 10.7. The van der Waals surface area contributed by atoms with E-state index in [1.807, 2.05) is 0 Å². The summed E-state index contributed by atoms with van der Waals surface area (Å²) in [5.74, 6) is 0.222. The number of halogens is 1. The Balaban J connectivity index is 2.16. The normalized spacial score (nSPS) is 10.1. The van der Waals surface area contributed by atoms with Gasteiger partial charge in [-0.3, -0.25) is 20.5 Å². The molecule has 0 atom stereocenters. The van der Waals surface area contributed by atoms with Gasteiger partial charge in [-0.15, -0.1) is 0 Å². The van der Waals surface area contributed by atoms with Crippen LogP contribution < -0.4 is 10.5 Å². The first-order valence-electron chi connectivity index (χ1n) is 5.84. The van der Waals surface area contributed by atoms with E-state index in [1.54, 1.807) is 12.1 Å². The van der Waals surface area contributed by atoms with Crippen molar-refractivity contribution in [2.24, 2.45) is 5.73 Å². The number of nitrogens with two attached hydrogens (primary N) is 1. The van der Waals surface area contributed by atoms with Gasteiger partial charge in [0.2, 0.25) is 0 Å². The molecule has 0 bridgehead atoms. The summed E-state index contributed by atoms with van der Waals surface area (Å²) in [6.07, 6.45) is 1.53. The fourth-order valence-electron chi connectivity index (χ4n) is 1.68. The minimum absolute atomic E-state index is 0.00419. The highest BCUT2D eigenvalue weighted by molar-refractivity contribution is 6.32. The quantitative estimate of drug-likeness (QED) is 0.381. The van der Waals surface area contributed by atoms with E-state index >= 15 is 0 Å². The highest BCUT2D eigenvalue weighted by Crippen LogP contribution is 2.28. The van der Waals surface area contributed by atoms with Crippen molar-refractivity contribution in [2.75, 3.05) is 0 Å². The average molecular weight is 307 g/mol. The summed E-state index contributed by atoms with van der Waals surface area (Å²) in [6.45, 7) is 0.122. The maximum Gasteiger partial charge on any atom is 0.288 e. The Kier molecular flexibility index (Phi) is 4.34. The maximum atomic E-state index is 10.7. The van der Waals surface area contributed by atoms with E-state index in [0.29, 0.717) is 17.0 Å². The third-order valence-corrected chi connectivity index (χ3v) is 2.96. The molecule has 0 spiro atoms. The van der Waals surface area contributed by atoms with Gasteiger partial charge >= 0.3 is 0 Å². The van der Waals surface area contributed by atoms with Crippen molar-refractivity contribution in [2.45, 2.75) is 6.61 Å². The van der Waals surface area contributed by atoms with E-state index in [2.05, 4.69) is 4.98 Å². The molecule has 1 aromatic carbocycles. The van der Waals surface area contributed by atoms with Crippen LogP contribution in [0.15, 0.2) is 36.5 Å². The predicted octanol–water partition coefficient (Wildman–Crippen LogP) is 2.51. The van der Waals surface area contributed by atoms with Crippen molar-refractivity contribution in [3.63, 3.8) is 0 Å². The van der Waals surface area contributed by atoms with E-state index in [1.165, 1.54) is 24.4 Å². The van der Waals surface area contributed by atoms with Gasteiger partial charge in [0.1, 0.15) is 28.9 Å².